The Labute approximate surface area is 95.3 Å². The molecule has 0 bridgehead atoms. The number of esters is 1. The molecule has 0 amide bonds. The van der Waals surface area contributed by atoms with Gasteiger partial charge in [-0.15, -0.1) is 0 Å². The van der Waals surface area contributed by atoms with E-state index < -0.39 is 11.6 Å². The van der Waals surface area contributed by atoms with Gasteiger partial charge in [-0.1, -0.05) is 6.07 Å². The zero-order valence-corrected chi connectivity index (χ0v) is 9.80. The van der Waals surface area contributed by atoms with Crippen LogP contribution in [0.1, 0.15) is 32.9 Å². The topological polar surface area (TPSA) is 59.4 Å². The molecule has 0 aliphatic carbocycles. The maximum Gasteiger partial charge on any atom is 0.309 e. The Morgan fingerprint density at radius 2 is 2.25 bits per heavy atom. The molecule has 4 nitrogen and oxygen atoms in total. The second-order valence-electron chi connectivity index (χ2n) is 4.20. The first-order chi connectivity index (χ1) is 7.42. The van der Waals surface area contributed by atoms with Gasteiger partial charge in [0, 0.05) is 6.20 Å². The van der Waals surface area contributed by atoms with Crippen LogP contribution in [0, 0.1) is 0 Å². The lowest BCUT2D eigenvalue weighted by Crippen LogP contribution is -2.28. The van der Waals surface area contributed by atoms with Gasteiger partial charge >= 0.3 is 5.97 Å². The minimum atomic E-state index is -1.28. The summed E-state index contributed by atoms with van der Waals surface area (Å²) in [5, 5.41) is 10.1. The predicted octanol–water partition coefficient (Wildman–Crippen LogP) is 1.63. The second-order valence-corrected chi connectivity index (χ2v) is 4.20. The number of pyridine rings is 1. The Kier molecular flexibility index (Phi) is 4.01. The van der Waals surface area contributed by atoms with Crippen molar-refractivity contribution in [3.63, 3.8) is 0 Å². The minimum absolute atomic E-state index is 0.0950. The van der Waals surface area contributed by atoms with Gasteiger partial charge in [0.25, 0.3) is 0 Å². The first-order valence-electron chi connectivity index (χ1n) is 5.25. The summed E-state index contributed by atoms with van der Waals surface area (Å²) in [6.45, 7) is 5.09. The van der Waals surface area contributed by atoms with E-state index in [4.69, 9.17) is 4.74 Å². The zero-order chi connectivity index (χ0) is 12.2. The monoisotopic (exact) mass is 223 g/mol. The SMILES string of the molecule is CC(C)OC(=O)CC(C)(O)c1ccccn1. The van der Waals surface area contributed by atoms with Crippen molar-refractivity contribution >= 4 is 5.97 Å². The van der Waals surface area contributed by atoms with Crippen molar-refractivity contribution in [3.8, 4) is 0 Å². The molecule has 1 heterocycles. The fraction of sp³-hybridized carbons (Fsp3) is 0.500. The highest BCUT2D eigenvalue weighted by Gasteiger charge is 2.28. The molecular weight excluding hydrogens is 206 g/mol. The van der Waals surface area contributed by atoms with E-state index in [0.717, 1.165) is 0 Å². The van der Waals surface area contributed by atoms with E-state index in [0.29, 0.717) is 5.69 Å². The van der Waals surface area contributed by atoms with Crippen molar-refractivity contribution in [1.29, 1.82) is 0 Å². The molecule has 1 aromatic heterocycles. The van der Waals surface area contributed by atoms with Crippen LogP contribution in [-0.2, 0) is 15.1 Å². The molecule has 0 saturated carbocycles. The van der Waals surface area contributed by atoms with Crippen molar-refractivity contribution in [2.75, 3.05) is 0 Å². The standard InChI is InChI=1S/C12H17NO3/c1-9(2)16-11(14)8-12(3,15)10-6-4-5-7-13-10/h4-7,9,15H,8H2,1-3H3. The van der Waals surface area contributed by atoms with Gasteiger partial charge < -0.3 is 9.84 Å². The summed E-state index contributed by atoms with van der Waals surface area (Å²) in [6, 6.07) is 5.21. The number of aromatic nitrogens is 1. The number of carbonyl (C=O) groups is 1. The Balaban J connectivity index is 2.69. The van der Waals surface area contributed by atoms with Crippen molar-refractivity contribution in [2.45, 2.75) is 38.9 Å². The highest BCUT2D eigenvalue weighted by atomic mass is 16.5. The van der Waals surface area contributed by atoms with Crippen molar-refractivity contribution in [3.05, 3.63) is 30.1 Å². The van der Waals surface area contributed by atoms with Crippen LogP contribution < -0.4 is 0 Å². The van der Waals surface area contributed by atoms with E-state index in [2.05, 4.69) is 4.98 Å². The second kappa shape index (κ2) is 5.07. The van der Waals surface area contributed by atoms with Gasteiger partial charge in [-0.25, -0.2) is 0 Å². The smallest absolute Gasteiger partial charge is 0.309 e. The van der Waals surface area contributed by atoms with E-state index in [1.165, 1.54) is 0 Å². The molecule has 0 aliphatic heterocycles. The number of rotatable bonds is 4. The quantitative estimate of drug-likeness (QED) is 0.788. The minimum Gasteiger partial charge on any atom is -0.463 e. The Bertz CT molecular complexity index is 347. The summed E-state index contributed by atoms with van der Waals surface area (Å²) < 4.78 is 4.98. The number of hydrogen-bond donors (Lipinski definition) is 1. The fourth-order valence-corrected chi connectivity index (χ4v) is 1.36. The molecule has 0 spiro atoms. The van der Waals surface area contributed by atoms with Crippen LogP contribution in [0.25, 0.3) is 0 Å². The third kappa shape index (κ3) is 3.62. The van der Waals surface area contributed by atoms with Crippen LogP contribution in [0.2, 0.25) is 0 Å². The van der Waals surface area contributed by atoms with Crippen LogP contribution in [0.4, 0.5) is 0 Å². The number of nitrogens with zero attached hydrogens (tertiary/aromatic N) is 1. The molecule has 0 aromatic carbocycles. The Morgan fingerprint density at radius 3 is 2.75 bits per heavy atom. The number of aliphatic hydroxyl groups is 1. The number of hydrogen-bond acceptors (Lipinski definition) is 4. The molecular formula is C12H17NO3. The fourth-order valence-electron chi connectivity index (χ4n) is 1.36. The predicted molar refractivity (Wildman–Crippen MR) is 59.7 cm³/mol. The highest BCUT2D eigenvalue weighted by Crippen LogP contribution is 2.22. The molecule has 0 aliphatic rings. The lowest BCUT2D eigenvalue weighted by atomic mass is 9.97. The normalized spacial score (nSPS) is 14.6. The van der Waals surface area contributed by atoms with E-state index in [-0.39, 0.29) is 12.5 Å². The molecule has 1 atom stereocenters. The molecule has 1 rings (SSSR count). The largest absolute Gasteiger partial charge is 0.463 e. The summed E-state index contributed by atoms with van der Waals surface area (Å²) >= 11 is 0. The third-order valence-corrected chi connectivity index (χ3v) is 2.07. The van der Waals surface area contributed by atoms with E-state index in [1.54, 1.807) is 45.2 Å². The van der Waals surface area contributed by atoms with Crippen LogP contribution in [-0.4, -0.2) is 22.2 Å². The summed E-state index contributed by atoms with van der Waals surface area (Å²) in [4.78, 5) is 15.5. The Morgan fingerprint density at radius 1 is 1.56 bits per heavy atom. The molecule has 4 heteroatoms. The van der Waals surface area contributed by atoms with E-state index in [9.17, 15) is 9.90 Å². The molecule has 88 valence electrons. The van der Waals surface area contributed by atoms with Gasteiger partial charge in [0.15, 0.2) is 0 Å². The van der Waals surface area contributed by atoms with Gasteiger partial charge in [-0.05, 0) is 32.9 Å². The van der Waals surface area contributed by atoms with E-state index in [1.807, 2.05) is 0 Å². The van der Waals surface area contributed by atoms with Gasteiger partial charge in [0.05, 0.1) is 18.2 Å². The Hall–Kier alpha value is -1.42. The lowest BCUT2D eigenvalue weighted by Gasteiger charge is -2.22. The van der Waals surface area contributed by atoms with Gasteiger partial charge in [0.2, 0.25) is 0 Å². The first kappa shape index (κ1) is 12.6. The maximum absolute atomic E-state index is 11.4. The van der Waals surface area contributed by atoms with Crippen molar-refractivity contribution in [2.24, 2.45) is 0 Å². The maximum atomic E-state index is 11.4. The molecule has 1 unspecified atom stereocenters. The average Bonchev–Trinajstić information content (AvgIpc) is 2.16. The van der Waals surface area contributed by atoms with Crippen LogP contribution in [0.5, 0.6) is 0 Å². The van der Waals surface area contributed by atoms with Crippen LogP contribution in [0.15, 0.2) is 24.4 Å². The lowest BCUT2D eigenvalue weighted by molar-refractivity contribution is -0.152. The van der Waals surface area contributed by atoms with Crippen LogP contribution >= 0.6 is 0 Å². The summed E-state index contributed by atoms with van der Waals surface area (Å²) in [5.74, 6) is -0.425. The van der Waals surface area contributed by atoms with Gasteiger partial charge in [-0.3, -0.25) is 9.78 Å². The van der Waals surface area contributed by atoms with Crippen LogP contribution in [0.3, 0.4) is 0 Å². The van der Waals surface area contributed by atoms with Gasteiger partial charge in [0.1, 0.15) is 5.60 Å². The summed E-state index contributed by atoms with van der Waals surface area (Å²) in [7, 11) is 0. The highest BCUT2D eigenvalue weighted by molar-refractivity contribution is 5.71. The van der Waals surface area contributed by atoms with Crippen molar-refractivity contribution in [1.82, 2.24) is 4.98 Å². The first-order valence-corrected chi connectivity index (χ1v) is 5.25. The van der Waals surface area contributed by atoms with E-state index >= 15 is 0 Å². The third-order valence-electron chi connectivity index (χ3n) is 2.07. The summed E-state index contributed by atoms with van der Waals surface area (Å²) in [5.41, 5.74) is -0.816. The van der Waals surface area contributed by atoms with Gasteiger partial charge in [-0.2, -0.15) is 0 Å². The molecule has 0 fully saturated rings. The molecule has 0 radical (unpaired) electrons. The number of carbonyl (C=O) groups excluding carboxylic acids is 1. The number of ether oxygens (including phenoxy) is 1. The molecule has 1 aromatic rings. The van der Waals surface area contributed by atoms with Crippen molar-refractivity contribution < 1.29 is 14.6 Å². The average molecular weight is 223 g/mol. The molecule has 1 N–H and O–H groups in total. The summed E-state index contributed by atoms with van der Waals surface area (Å²) in [6.07, 6.45) is 1.31. The molecule has 0 saturated heterocycles. The molecule has 16 heavy (non-hydrogen) atoms. The zero-order valence-electron chi connectivity index (χ0n) is 9.80.